The second kappa shape index (κ2) is 7.99. The zero-order chi connectivity index (χ0) is 16.9. The molecule has 0 radical (unpaired) electrons. The predicted octanol–water partition coefficient (Wildman–Crippen LogP) is 2.84. The van der Waals surface area contributed by atoms with E-state index in [1.807, 2.05) is 17.0 Å². The van der Waals surface area contributed by atoms with Gasteiger partial charge in [-0.1, -0.05) is 24.6 Å². The first-order valence-corrected chi connectivity index (χ1v) is 9.16. The van der Waals surface area contributed by atoms with Crippen LogP contribution < -0.4 is 5.32 Å². The first-order valence-electron chi connectivity index (χ1n) is 9.16. The van der Waals surface area contributed by atoms with Gasteiger partial charge in [-0.15, -0.1) is 0 Å². The number of piperidine rings is 1. The fraction of sp³-hybridized carbons (Fsp3) is 0.632. The zero-order valence-corrected chi connectivity index (χ0v) is 15.0. The molecule has 24 heavy (non-hydrogen) atoms. The van der Waals surface area contributed by atoms with Crippen molar-refractivity contribution in [1.82, 2.24) is 14.7 Å². The smallest absolute Gasteiger partial charge is 0.321 e. The van der Waals surface area contributed by atoms with Crippen molar-refractivity contribution in [2.45, 2.75) is 38.3 Å². The molecule has 5 nitrogen and oxygen atoms in total. The van der Waals surface area contributed by atoms with Crippen LogP contribution in [0.4, 0.5) is 10.5 Å². The molecule has 1 N–H and O–H groups in total. The van der Waals surface area contributed by atoms with Crippen molar-refractivity contribution in [3.05, 3.63) is 29.8 Å². The first kappa shape index (κ1) is 17.2. The van der Waals surface area contributed by atoms with Crippen LogP contribution in [0.25, 0.3) is 0 Å². The Morgan fingerprint density at radius 3 is 2.62 bits per heavy atom. The highest BCUT2D eigenvalue weighted by Gasteiger charge is 2.27. The van der Waals surface area contributed by atoms with Gasteiger partial charge in [0.25, 0.3) is 0 Å². The maximum absolute atomic E-state index is 12.6. The van der Waals surface area contributed by atoms with Crippen LogP contribution in [0.2, 0.25) is 0 Å². The molecule has 2 amide bonds. The maximum atomic E-state index is 12.6. The van der Waals surface area contributed by atoms with Gasteiger partial charge >= 0.3 is 6.03 Å². The van der Waals surface area contributed by atoms with Crippen LogP contribution in [0.1, 0.15) is 31.2 Å². The van der Waals surface area contributed by atoms with Crippen molar-refractivity contribution >= 4 is 11.7 Å². The molecule has 2 aliphatic heterocycles. The number of carbonyl (C=O) groups excluding carboxylic acids is 1. The summed E-state index contributed by atoms with van der Waals surface area (Å²) in [6.07, 6.45) is 4.97. The highest BCUT2D eigenvalue weighted by atomic mass is 16.2. The van der Waals surface area contributed by atoms with Crippen LogP contribution >= 0.6 is 0 Å². The van der Waals surface area contributed by atoms with Crippen LogP contribution in [-0.4, -0.2) is 67.0 Å². The number of rotatable bonds is 4. The average Bonchev–Trinajstić information content (AvgIpc) is 3.08. The Bertz CT molecular complexity index is 554. The lowest BCUT2D eigenvalue weighted by atomic mass is 10.1. The van der Waals surface area contributed by atoms with E-state index in [2.05, 4.69) is 41.3 Å². The number of benzene rings is 1. The number of likely N-dealkylation sites (tertiary alicyclic amines) is 2. The minimum atomic E-state index is 0.0328. The Morgan fingerprint density at radius 1 is 1.17 bits per heavy atom. The van der Waals surface area contributed by atoms with Crippen LogP contribution in [-0.2, 0) is 6.54 Å². The Kier molecular flexibility index (Phi) is 5.74. The average molecular weight is 330 g/mol. The van der Waals surface area contributed by atoms with Gasteiger partial charge in [0.15, 0.2) is 0 Å². The summed E-state index contributed by atoms with van der Waals surface area (Å²) in [5.74, 6) is 0. The molecule has 1 aromatic rings. The number of carbonyl (C=O) groups is 1. The summed E-state index contributed by atoms with van der Waals surface area (Å²) >= 11 is 0. The van der Waals surface area contributed by atoms with Gasteiger partial charge in [0.2, 0.25) is 0 Å². The summed E-state index contributed by atoms with van der Waals surface area (Å²) < 4.78 is 0. The molecular weight excluding hydrogens is 300 g/mol. The van der Waals surface area contributed by atoms with Gasteiger partial charge in [0.05, 0.1) is 0 Å². The molecule has 5 heteroatoms. The summed E-state index contributed by atoms with van der Waals surface area (Å²) in [4.78, 5) is 19.2. The fourth-order valence-corrected chi connectivity index (χ4v) is 3.68. The Balaban J connectivity index is 1.61. The fourth-order valence-electron chi connectivity index (χ4n) is 3.68. The topological polar surface area (TPSA) is 38.8 Å². The van der Waals surface area contributed by atoms with E-state index in [1.54, 1.807) is 0 Å². The van der Waals surface area contributed by atoms with Crippen molar-refractivity contribution in [1.29, 1.82) is 0 Å². The lowest BCUT2D eigenvalue weighted by Gasteiger charge is -2.27. The highest BCUT2D eigenvalue weighted by Crippen LogP contribution is 2.21. The van der Waals surface area contributed by atoms with Crippen molar-refractivity contribution in [2.24, 2.45) is 0 Å². The van der Waals surface area contributed by atoms with E-state index < -0.39 is 0 Å². The molecule has 2 saturated heterocycles. The molecule has 2 heterocycles. The van der Waals surface area contributed by atoms with E-state index in [-0.39, 0.29) is 6.03 Å². The number of hydrogen-bond acceptors (Lipinski definition) is 3. The number of urea groups is 1. The molecule has 0 saturated carbocycles. The number of para-hydroxylation sites is 1. The maximum Gasteiger partial charge on any atom is 0.321 e. The lowest BCUT2D eigenvalue weighted by Crippen LogP contribution is -2.37. The molecule has 2 aliphatic rings. The van der Waals surface area contributed by atoms with Crippen molar-refractivity contribution < 1.29 is 4.79 Å². The van der Waals surface area contributed by atoms with Gasteiger partial charge in [0.1, 0.15) is 0 Å². The standard InChI is InChI=1S/C19H30N4O/c1-21(2)17-10-13-23(15-17)19(24)20-18-9-5-4-8-16(18)14-22-11-6-3-7-12-22/h4-5,8-9,17H,3,6-7,10-15H2,1-2H3,(H,20,24)/t17-/m1/s1. The number of amides is 2. The number of nitrogens with zero attached hydrogens (tertiary/aromatic N) is 3. The van der Waals surface area contributed by atoms with Crippen LogP contribution in [0.5, 0.6) is 0 Å². The van der Waals surface area contributed by atoms with Crippen LogP contribution in [0.15, 0.2) is 24.3 Å². The number of likely N-dealkylation sites (N-methyl/N-ethyl adjacent to an activating group) is 1. The summed E-state index contributed by atoms with van der Waals surface area (Å²) in [5.41, 5.74) is 2.18. The van der Waals surface area contributed by atoms with Crippen molar-refractivity contribution in [2.75, 3.05) is 45.6 Å². The number of anilines is 1. The molecular formula is C19H30N4O. The monoisotopic (exact) mass is 330 g/mol. The van der Waals surface area contributed by atoms with E-state index in [0.717, 1.165) is 31.7 Å². The Morgan fingerprint density at radius 2 is 1.92 bits per heavy atom. The highest BCUT2D eigenvalue weighted by molar-refractivity contribution is 5.90. The third kappa shape index (κ3) is 4.28. The lowest BCUT2D eigenvalue weighted by molar-refractivity contribution is 0.215. The molecule has 0 spiro atoms. The molecule has 2 fully saturated rings. The van der Waals surface area contributed by atoms with Gasteiger partial charge in [-0.05, 0) is 58.1 Å². The summed E-state index contributed by atoms with van der Waals surface area (Å²) in [6, 6.07) is 8.73. The molecule has 1 aromatic carbocycles. The van der Waals surface area contributed by atoms with E-state index in [0.29, 0.717) is 6.04 Å². The van der Waals surface area contributed by atoms with Gasteiger partial charge in [-0.3, -0.25) is 4.90 Å². The molecule has 132 valence electrons. The summed E-state index contributed by atoms with van der Waals surface area (Å²) in [6.45, 7) is 4.91. The molecule has 0 aliphatic carbocycles. The molecule has 0 aromatic heterocycles. The molecule has 3 rings (SSSR count). The summed E-state index contributed by atoms with van der Waals surface area (Å²) in [5, 5.41) is 3.14. The number of hydrogen-bond donors (Lipinski definition) is 1. The van der Waals surface area contributed by atoms with Gasteiger partial charge in [0, 0.05) is 31.4 Å². The predicted molar refractivity (Wildman–Crippen MR) is 98.3 cm³/mol. The van der Waals surface area contributed by atoms with Crippen molar-refractivity contribution in [3.63, 3.8) is 0 Å². The first-order chi connectivity index (χ1) is 11.6. The van der Waals surface area contributed by atoms with Gasteiger partial charge in [-0.2, -0.15) is 0 Å². The van der Waals surface area contributed by atoms with Crippen LogP contribution in [0.3, 0.4) is 0 Å². The number of nitrogens with one attached hydrogen (secondary N) is 1. The van der Waals surface area contributed by atoms with E-state index in [1.165, 1.54) is 37.9 Å². The molecule has 1 atom stereocenters. The third-order valence-electron chi connectivity index (χ3n) is 5.28. The third-order valence-corrected chi connectivity index (χ3v) is 5.28. The zero-order valence-electron chi connectivity index (χ0n) is 15.0. The quantitative estimate of drug-likeness (QED) is 0.923. The Hall–Kier alpha value is -1.59. The normalized spacial score (nSPS) is 22.1. The van der Waals surface area contributed by atoms with E-state index >= 15 is 0 Å². The summed E-state index contributed by atoms with van der Waals surface area (Å²) in [7, 11) is 4.17. The van der Waals surface area contributed by atoms with E-state index in [4.69, 9.17) is 0 Å². The minimum Gasteiger partial charge on any atom is -0.323 e. The van der Waals surface area contributed by atoms with Crippen LogP contribution in [0, 0.1) is 0 Å². The largest absolute Gasteiger partial charge is 0.323 e. The molecule has 0 unspecified atom stereocenters. The minimum absolute atomic E-state index is 0.0328. The van der Waals surface area contributed by atoms with Gasteiger partial charge < -0.3 is 15.1 Å². The van der Waals surface area contributed by atoms with Crippen molar-refractivity contribution in [3.8, 4) is 0 Å². The Labute approximate surface area is 145 Å². The van der Waals surface area contributed by atoms with E-state index in [9.17, 15) is 4.79 Å². The SMILES string of the molecule is CN(C)[C@@H]1CCN(C(=O)Nc2ccccc2CN2CCCCC2)C1. The second-order valence-corrected chi connectivity index (χ2v) is 7.28. The second-order valence-electron chi connectivity index (χ2n) is 7.28. The molecule has 0 bridgehead atoms. The van der Waals surface area contributed by atoms with Gasteiger partial charge in [-0.25, -0.2) is 4.79 Å².